The summed E-state index contributed by atoms with van der Waals surface area (Å²) in [6, 6.07) is 16.9. The number of rotatable bonds is 12. The summed E-state index contributed by atoms with van der Waals surface area (Å²) in [4.78, 5) is 20.5. The van der Waals surface area contributed by atoms with Crippen LogP contribution in [-0.4, -0.2) is 83.1 Å². The molecule has 2 aliphatic rings. The average molecular weight is 728 g/mol. The normalized spacial score (nSPS) is 15.7. The first-order valence-electron chi connectivity index (χ1n) is 17.7. The van der Waals surface area contributed by atoms with Crippen LogP contribution in [0.25, 0.3) is 39.0 Å². The predicted molar refractivity (Wildman–Crippen MR) is 199 cm³/mol. The summed E-state index contributed by atoms with van der Waals surface area (Å²) in [7, 11) is 4.82. The lowest BCUT2D eigenvalue weighted by atomic mass is 9.93. The molecule has 0 bridgehead atoms. The first kappa shape index (κ1) is 35.7. The highest BCUT2D eigenvalue weighted by atomic mass is 35.5. The van der Waals surface area contributed by atoms with Gasteiger partial charge in [0.2, 0.25) is 5.88 Å². The second kappa shape index (κ2) is 15.5. The number of benzene rings is 3. The van der Waals surface area contributed by atoms with Gasteiger partial charge in [0, 0.05) is 47.7 Å². The number of hydrogen-bond acceptors (Lipinski definition) is 8. The summed E-state index contributed by atoms with van der Waals surface area (Å²) < 4.78 is 35.0. The second-order valence-electron chi connectivity index (χ2n) is 13.6. The summed E-state index contributed by atoms with van der Waals surface area (Å²) >= 11 is 7.17. The van der Waals surface area contributed by atoms with Gasteiger partial charge in [0.15, 0.2) is 5.82 Å². The number of piperidine rings is 1. The fourth-order valence-electron chi connectivity index (χ4n) is 7.64. The zero-order valence-electron chi connectivity index (χ0n) is 29.7. The second-order valence-corrected chi connectivity index (χ2v) is 13.9. The SMILES string of the molecule is COc1cc(-c2cccc(-c3cccc4c3cnn4-c3cc(OC)c(CN4CCCC4)c(OC)n3)c2Cl)cc(F)c1CN1CCC(CC(=O)O)CC1. The van der Waals surface area contributed by atoms with Gasteiger partial charge in [0.1, 0.15) is 17.3 Å². The molecule has 2 aromatic heterocycles. The van der Waals surface area contributed by atoms with Crippen LogP contribution in [0.2, 0.25) is 5.02 Å². The highest BCUT2D eigenvalue weighted by Gasteiger charge is 2.25. The number of carboxylic acids is 1. The van der Waals surface area contributed by atoms with Crippen molar-refractivity contribution in [2.45, 2.75) is 45.2 Å². The Kier molecular flexibility index (Phi) is 10.6. The molecule has 0 aliphatic carbocycles. The van der Waals surface area contributed by atoms with Crippen LogP contribution >= 0.6 is 11.6 Å². The minimum Gasteiger partial charge on any atom is -0.496 e. The van der Waals surface area contributed by atoms with Crippen LogP contribution in [0.5, 0.6) is 17.4 Å². The molecular weight excluding hydrogens is 685 g/mol. The molecule has 3 aromatic carbocycles. The lowest BCUT2D eigenvalue weighted by Gasteiger charge is -2.31. The zero-order chi connectivity index (χ0) is 36.4. The number of aliphatic carboxylic acids is 1. The van der Waals surface area contributed by atoms with Crippen molar-refractivity contribution >= 4 is 28.5 Å². The first-order valence-corrected chi connectivity index (χ1v) is 18.1. The zero-order valence-corrected chi connectivity index (χ0v) is 30.5. The van der Waals surface area contributed by atoms with Crippen molar-refractivity contribution in [1.82, 2.24) is 24.6 Å². The van der Waals surface area contributed by atoms with E-state index in [-0.39, 0.29) is 18.2 Å². The summed E-state index contributed by atoms with van der Waals surface area (Å²) in [6.45, 7) is 4.57. The first-order chi connectivity index (χ1) is 25.3. The van der Waals surface area contributed by atoms with Crippen molar-refractivity contribution in [3.05, 3.63) is 82.8 Å². The van der Waals surface area contributed by atoms with E-state index in [1.165, 1.54) is 18.9 Å². The Balaban J connectivity index is 1.19. The van der Waals surface area contributed by atoms with Crippen molar-refractivity contribution in [2.75, 3.05) is 47.5 Å². The van der Waals surface area contributed by atoms with Gasteiger partial charge in [-0.1, -0.05) is 41.9 Å². The number of carbonyl (C=O) groups is 1. The predicted octanol–water partition coefficient (Wildman–Crippen LogP) is 7.86. The Labute approximate surface area is 307 Å². The van der Waals surface area contributed by atoms with Crippen LogP contribution < -0.4 is 14.2 Å². The number of fused-ring (bicyclic) bond motifs is 1. The monoisotopic (exact) mass is 727 g/mol. The van der Waals surface area contributed by atoms with E-state index in [4.69, 9.17) is 41.0 Å². The van der Waals surface area contributed by atoms with Gasteiger partial charge < -0.3 is 19.3 Å². The number of likely N-dealkylation sites (tertiary alicyclic amines) is 2. The number of carboxylic acid groups (broad SMARTS) is 1. The van der Waals surface area contributed by atoms with Crippen LogP contribution in [0.1, 0.15) is 43.2 Å². The molecule has 0 saturated carbocycles. The van der Waals surface area contributed by atoms with E-state index in [0.29, 0.717) is 71.1 Å². The van der Waals surface area contributed by atoms with E-state index < -0.39 is 5.97 Å². The molecule has 0 atom stereocenters. The van der Waals surface area contributed by atoms with Crippen LogP contribution in [0, 0.1) is 11.7 Å². The van der Waals surface area contributed by atoms with Gasteiger partial charge in [-0.3, -0.25) is 14.6 Å². The highest BCUT2D eigenvalue weighted by molar-refractivity contribution is 6.36. The minimum absolute atomic E-state index is 0.150. The summed E-state index contributed by atoms with van der Waals surface area (Å²) in [6.07, 6.45) is 5.88. The van der Waals surface area contributed by atoms with Crippen molar-refractivity contribution in [2.24, 2.45) is 5.92 Å². The Morgan fingerprint density at radius 1 is 0.865 bits per heavy atom. The van der Waals surface area contributed by atoms with E-state index in [1.807, 2.05) is 48.5 Å². The Morgan fingerprint density at radius 3 is 2.23 bits per heavy atom. The number of aromatic nitrogens is 3. The van der Waals surface area contributed by atoms with Crippen molar-refractivity contribution in [1.29, 1.82) is 0 Å². The van der Waals surface area contributed by atoms with Crippen LogP contribution in [0.3, 0.4) is 0 Å². The van der Waals surface area contributed by atoms with Crippen LogP contribution in [0.15, 0.2) is 60.8 Å². The van der Waals surface area contributed by atoms with Gasteiger partial charge in [-0.15, -0.1) is 0 Å². The Hall–Kier alpha value is -4.71. The highest BCUT2D eigenvalue weighted by Crippen LogP contribution is 2.42. The maximum Gasteiger partial charge on any atom is 0.303 e. The molecule has 272 valence electrons. The topological polar surface area (TPSA) is 102 Å². The molecule has 2 saturated heterocycles. The average Bonchev–Trinajstić information content (AvgIpc) is 3.83. The lowest BCUT2D eigenvalue weighted by Crippen LogP contribution is -2.34. The molecule has 0 spiro atoms. The smallest absolute Gasteiger partial charge is 0.303 e. The molecule has 0 radical (unpaired) electrons. The van der Waals surface area contributed by atoms with Crippen molar-refractivity contribution in [3.63, 3.8) is 0 Å². The Bertz CT molecular complexity index is 2070. The molecule has 4 heterocycles. The van der Waals surface area contributed by atoms with Gasteiger partial charge in [-0.2, -0.15) is 10.1 Å². The quantitative estimate of drug-likeness (QED) is 0.138. The van der Waals surface area contributed by atoms with Gasteiger partial charge in [0.25, 0.3) is 0 Å². The van der Waals surface area contributed by atoms with Gasteiger partial charge in [-0.25, -0.2) is 9.07 Å². The third-order valence-corrected chi connectivity index (χ3v) is 10.8. The standard InChI is InChI=1S/C40H43ClFN5O5/c1-50-35-20-26(19-33(42)31(35)23-46-16-12-25(13-17-46)18-38(48)49)27-8-6-10-29(39(27)41)28-9-7-11-34-30(28)22-43-47(34)37-21-36(51-2)32(40(44-37)52-3)24-45-14-4-5-15-45/h6-11,19-22,25H,4-5,12-18,23-24H2,1-3H3,(H,48,49). The van der Waals surface area contributed by atoms with Gasteiger partial charge >= 0.3 is 5.97 Å². The number of nitrogens with zero attached hydrogens (tertiary/aromatic N) is 5. The maximum atomic E-state index is 15.9. The molecule has 12 heteroatoms. The van der Waals surface area contributed by atoms with E-state index in [2.05, 4.69) is 9.80 Å². The minimum atomic E-state index is -0.774. The van der Waals surface area contributed by atoms with Gasteiger partial charge in [-0.05, 0) is 87.1 Å². The molecule has 0 unspecified atom stereocenters. The molecule has 2 fully saturated rings. The third-order valence-electron chi connectivity index (χ3n) is 10.4. The van der Waals surface area contributed by atoms with E-state index in [1.54, 1.807) is 32.2 Å². The third kappa shape index (κ3) is 7.17. The number of ether oxygens (including phenoxy) is 3. The van der Waals surface area contributed by atoms with Crippen molar-refractivity contribution in [3.8, 4) is 45.5 Å². The number of hydrogen-bond donors (Lipinski definition) is 1. The molecular formula is C40H43ClFN5O5. The van der Waals surface area contributed by atoms with E-state index in [9.17, 15) is 4.79 Å². The summed E-state index contributed by atoms with van der Waals surface area (Å²) in [5, 5.41) is 15.2. The van der Waals surface area contributed by atoms with E-state index >= 15 is 4.39 Å². The Morgan fingerprint density at radius 2 is 1.52 bits per heavy atom. The number of pyridine rings is 1. The van der Waals surface area contributed by atoms with Crippen LogP contribution in [-0.2, 0) is 17.9 Å². The molecule has 5 aromatic rings. The lowest BCUT2D eigenvalue weighted by molar-refractivity contribution is -0.138. The molecule has 0 amide bonds. The maximum absolute atomic E-state index is 15.9. The largest absolute Gasteiger partial charge is 0.496 e. The number of halogens is 2. The number of methoxy groups -OCH3 is 3. The molecule has 52 heavy (non-hydrogen) atoms. The molecule has 7 rings (SSSR count). The summed E-state index contributed by atoms with van der Waals surface area (Å²) in [5.74, 6) is 1.21. The summed E-state index contributed by atoms with van der Waals surface area (Å²) in [5.41, 5.74) is 5.13. The molecule has 10 nitrogen and oxygen atoms in total. The van der Waals surface area contributed by atoms with Crippen molar-refractivity contribution < 1.29 is 28.5 Å². The molecule has 2 aliphatic heterocycles. The van der Waals surface area contributed by atoms with Crippen LogP contribution in [0.4, 0.5) is 4.39 Å². The fourth-order valence-corrected chi connectivity index (χ4v) is 7.97. The fraction of sp³-hybridized carbons (Fsp3) is 0.375. The molecule has 1 N–H and O–H groups in total. The van der Waals surface area contributed by atoms with E-state index in [0.717, 1.165) is 53.5 Å². The van der Waals surface area contributed by atoms with Gasteiger partial charge in [0.05, 0.1) is 43.6 Å².